The standard InChI is InChI=1S/C50H79N7O9S/c1-9-21-57(50(65)39(33(6)11-3)26-43(60)41-14-12-13-22-56(41)8)42(32(4)5)27-45(66-23-10-2)49-55-40(31-67-49)48(64)54-36(25-35-15-17-37(58)18-16-35)24-34(7)44(61)30-53-46(62)20-19-38(59)29-52-47(63)28-51/h15-18,31-34,36,39,41-42,45,58H,9-14,19-30,51H2,1-8H3,(H,52,63)(H,53,62)(H,54,64)/t33-,34-,36+,39-,41+,42+,45+/m0/s1. The Morgan fingerprint density at radius 1 is 0.940 bits per heavy atom. The third-order valence-corrected chi connectivity index (χ3v) is 13.8. The summed E-state index contributed by atoms with van der Waals surface area (Å²) in [5.74, 6) is -2.72. The molecule has 1 fully saturated rings. The number of nitrogens with zero attached hydrogens (tertiary/aromatic N) is 3. The normalized spacial score (nSPS) is 16.8. The van der Waals surface area contributed by atoms with Crippen molar-refractivity contribution in [2.45, 2.75) is 150 Å². The summed E-state index contributed by atoms with van der Waals surface area (Å²) < 4.78 is 6.48. The van der Waals surface area contributed by atoms with Crippen LogP contribution >= 0.6 is 11.3 Å². The average molecular weight is 954 g/mol. The monoisotopic (exact) mass is 954 g/mol. The van der Waals surface area contributed by atoms with E-state index >= 15 is 0 Å². The molecular formula is C50H79N7O9S. The van der Waals surface area contributed by atoms with E-state index in [0.29, 0.717) is 31.0 Å². The number of nitrogens with two attached hydrogens (primary N) is 1. The number of aromatic hydroxyl groups is 1. The van der Waals surface area contributed by atoms with Crippen LogP contribution in [0.2, 0.25) is 0 Å². The van der Waals surface area contributed by atoms with Crippen molar-refractivity contribution in [2.24, 2.45) is 29.4 Å². The van der Waals surface area contributed by atoms with Crippen molar-refractivity contribution in [3.63, 3.8) is 0 Å². The third kappa shape index (κ3) is 18.8. The van der Waals surface area contributed by atoms with E-state index in [1.807, 2.05) is 18.9 Å². The zero-order valence-electron chi connectivity index (χ0n) is 41.3. The maximum Gasteiger partial charge on any atom is 0.270 e. The number of benzene rings is 1. The van der Waals surface area contributed by atoms with Crippen molar-refractivity contribution in [2.75, 3.05) is 46.4 Å². The molecule has 67 heavy (non-hydrogen) atoms. The minimum absolute atomic E-state index is 0.00329. The lowest BCUT2D eigenvalue weighted by Crippen LogP contribution is -2.50. The maximum atomic E-state index is 14.8. The fourth-order valence-corrected chi connectivity index (χ4v) is 9.41. The van der Waals surface area contributed by atoms with Gasteiger partial charge in [0, 0.05) is 68.1 Å². The number of thiazole rings is 1. The highest BCUT2D eigenvalue weighted by Crippen LogP contribution is 2.34. The summed E-state index contributed by atoms with van der Waals surface area (Å²) in [4.78, 5) is 101. The van der Waals surface area contributed by atoms with Crippen molar-refractivity contribution in [1.82, 2.24) is 30.7 Å². The number of amides is 4. The molecule has 1 aromatic heterocycles. The van der Waals surface area contributed by atoms with Gasteiger partial charge < -0.3 is 36.4 Å². The Kier molecular flexibility index (Phi) is 24.8. The first kappa shape index (κ1) is 56.7. The minimum atomic E-state index is -0.581. The Morgan fingerprint density at radius 2 is 1.64 bits per heavy atom. The number of nitrogens with one attached hydrogen (secondary N) is 3. The largest absolute Gasteiger partial charge is 0.508 e. The number of Topliss-reactive ketones (excluding diaryl/α,β-unsaturated/α-hetero) is 3. The number of piperidine rings is 1. The summed E-state index contributed by atoms with van der Waals surface area (Å²) >= 11 is 1.32. The third-order valence-electron chi connectivity index (χ3n) is 12.8. The molecule has 4 amide bonds. The summed E-state index contributed by atoms with van der Waals surface area (Å²) in [5.41, 5.74) is 6.24. The van der Waals surface area contributed by atoms with Gasteiger partial charge in [-0.15, -0.1) is 11.3 Å². The molecule has 2 heterocycles. The first-order chi connectivity index (χ1) is 31.9. The first-order valence-electron chi connectivity index (χ1n) is 24.4. The molecule has 0 spiro atoms. The Morgan fingerprint density at radius 3 is 2.27 bits per heavy atom. The van der Waals surface area contributed by atoms with Crippen LogP contribution in [-0.2, 0) is 39.9 Å². The summed E-state index contributed by atoms with van der Waals surface area (Å²) in [7, 11) is 2.00. The summed E-state index contributed by atoms with van der Waals surface area (Å²) in [6.07, 6.45) is 5.66. The molecule has 0 unspecified atom stereocenters. The number of carbonyl (C=O) groups is 7. The second-order valence-corrected chi connectivity index (χ2v) is 19.5. The SMILES string of the molecule is CCCO[C@H](C[C@H](C(C)C)N(CCC)C(=O)[C@@H](CC(=O)[C@H]1CCCCN1C)[C@@H](C)CC)c1nc(C(=O)N[C@@H](Cc2ccc(O)cc2)C[C@H](C)C(=O)CNC(=O)CCC(=O)CNC(=O)CN)cs1. The maximum absolute atomic E-state index is 14.8. The molecule has 7 atom stereocenters. The van der Waals surface area contributed by atoms with Crippen LogP contribution in [0, 0.1) is 23.7 Å². The van der Waals surface area contributed by atoms with Crippen LogP contribution in [0.3, 0.4) is 0 Å². The topological polar surface area (TPSA) is 230 Å². The Labute approximate surface area is 402 Å². The molecule has 0 aliphatic carbocycles. The number of ketones is 3. The van der Waals surface area contributed by atoms with Gasteiger partial charge in [0.25, 0.3) is 5.91 Å². The van der Waals surface area contributed by atoms with Crippen molar-refractivity contribution in [3.05, 3.63) is 45.9 Å². The highest BCUT2D eigenvalue weighted by Gasteiger charge is 2.38. The fourth-order valence-electron chi connectivity index (χ4n) is 8.55. The number of rotatable bonds is 31. The quantitative estimate of drug-likeness (QED) is 0.0627. The number of phenols is 1. The predicted octanol–water partition coefficient (Wildman–Crippen LogP) is 5.55. The highest BCUT2D eigenvalue weighted by molar-refractivity contribution is 7.09. The van der Waals surface area contributed by atoms with Crippen LogP contribution in [0.5, 0.6) is 5.75 Å². The van der Waals surface area contributed by atoms with Gasteiger partial charge in [0.15, 0.2) is 17.3 Å². The van der Waals surface area contributed by atoms with Gasteiger partial charge >= 0.3 is 0 Å². The van der Waals surface area contributed by atoms with Gasteiger partial charge in [-0.1, -0.05) is 73.4 Å². The fraction of sp³-hybridized carbons (Fsp3) is 0.680. The van der Waals surface area contributed by atoms with E-state index in [-0.39, 0.29) is 104 Å². The molecule has 2 aromatic rings. The van der Waals surface area contributed by atoms with E-state index in [1.165, 1.54) is 11.3 Å². The van der Waals surface area contributed by atoms with Gasteiger partial charge in [-0.2, -0.15) is 0 Å². The first-order valence-corrected chi connectivity index (χ1v) is 25.3. The Balaban J connectivity index is 1.79. The molecule has 0 radical (unpaired) electrons. The minimum Gasteiger partial charge on any atom is -0.508 e. The molecule has 16 nitrogen and oxygen atoms in total. The van der Waals surface area contributed by atoms with E-state index in [9.17, 15) is 38.7 Å². The van der Waals surface area contributed by atoms with Crippen LogP contribution in [0.1, 0.15) is 146 Å². The highest BCUT2D eigenvalue weighted by atomic mass is 32.1. The molecular weight excluding hydrogens is 875 g/mol. The Hall–Kier alpha value is -4.58. The zero-order valence-corrected chi connectivity index (χ0v) is 42.1. The van der Waals surface area contributed by atoms with Crippen LogP contribution in [-0.4, -0.2) is 125 Å². The molecule has 1 aliphatic rings. The lowest BCUT2D eigenvalue weighted by Gasteiger charge is -2.40. The van der Waals surface area contributed by atoms with Crippen LogP contribution < -0.4 is 21.7 Å². The number of hydrogen-bond acceptors (Lipinski definition) is 13. The molecule has 1 aromatic carbocycles. The van der Waals surface area contributed by atoms with Crippen LogP contribution in [0.15, 0.2) is 29.6 Å². The summed E-state index contributed by atoms with van der Waals surface area (Å²) in [6.45, 7) is 15.3. The molecule has 1 saturated heterocycles. The van der Waals surface area contributed by atoms with Crippen molar-refractivity contribution in [1.29, 1.82) is 0 Å². The number of likely N-dealkylation sites (N-methyl/N-ethyl adjacent to an activating group) is 1. The second kappa shape index (κ2) is 29.3. The van der Waals surface area contributed by atoms with E-state index < -0.39 is 41.7 Å². The van der Waals surface area contributed by atoms with Gasteiger partial charge in [-0.3, -0.25) is 38.5 Å². The lowest BCUT2D eigenvalue weighted by atomic mass is 9.82. The summed E-state index contributed by atoms with van der Waals surface area (Å²) in [5, 5.41) is 20.2. The van der Waals surface area contributed by atoms with Crippen LogP contribution in [0.4, 0.5) is 0 Å². The van der Waals surface area contributed by atoms with Crippen molar-refractivity contribution >= 4 is 52.3 Å². The van der Waals surface area contributed by atoms with Crippen molar-refractivity contribution < 1.29 is 43.4 Å². The van der Waals surface area contributed by atoms with Gasteiger partial charge in [0.2, 0.25) is 17.7 Å². The smallest absolute Gasteiger partial charge is 0.270 e. The molecule has 1 aliphatic heterocycles. The average Bonchev–Trinajstić information content (AvgIpc) is 3.81. The van der Waals surface area contributed by atoms with Crippen molar-refractivity contribution in [3.8, 4) is 5.75 Å². The zero-order chi connectivity index (χ0) is 49.6. The molecule has 0 saturated carbocycles. The number of hydrogen-bond donors (Lipinski definition) is 5. The van der Waals surface area contributed by atoms with Gasteiger partial charge in [-0.25, -0.2) is 4.98 Å². The number of aromatic nitrogens is 1. The number of likely N-dealkylation sites (tertiary alicyclic amines) is 1. The van der Waals surface area contributed by atoms with E-state index in [1.54, 1.807) is 36.6 Å². The molecule has 0 bridgehead atoms. The van der Waals surface area contributed by atoms with E-state index in [0.717, 1.165) is 50.6 Å². The van der Waals surface area contributed by atoms with Gasteiger partial charge in [0.05, 0.1) is 25.7 Å². The second-order valence-electron chi connectivity index (χ2n) is 18.6. The Bertz CT molecular complexity index is 1910. The molecule has 3 rings (SSSR count). The number of carbonyl (C=O) groups excluding carboxylic acids is 7. The van der Waals surface area contributed by atoms with Gasteiger partial charge in [0.1, 0.15) is 22.6 Å². The molecule has 17 heteroatoms. The lowest BCUT2D eigenvalue weighted by molar-refractivity contribution is -0.145. The molecule has 6 N–H and O–H groups in total. The van der Waals surface area contributed by atoms with Gasteiger partial charge in [-0.05, 0) is 81.6 Å². The molecule has 374 valence electrons. The van der Waals surface area contributed by atoms with E-state index in [2.05, 4.69) is 55.5 Å². The summed E-state index contributed by atoms with van der Waals surface area (Å²) in [6, 6.07) is 5.68. The predicted molar refractivity (Wildman–Crippen MR) is 260 cm³/mol. The number of phenolic OH excluding ortho intramolecular Hbond substituents is 1. The van der Waals surface area contributed by atoms with Crippen LogP contribution in [0.25, 0.3) is 0 Å². The number of ether oxygens (including phenoxy) is 1. The van der Waals surface area contributed by atoms with E-state index in [4.69, 9.17) is 15.5 Å².